The van der Waals surface area contributed by atoms with E-state index in [0.717, 1.165) is 5.56 Å². The summed E-state index contributed by atoms with van der Waals surface area (Å²) in [7, 11) is 0. The Morgan fingerprint density at radius 1 is 1.60 bits per heavy atom. The molecule has 1 aliphatic heterocycles. The number of rotatable bonds is 4. The van der Waals surface area contributed by atoms with Crippen molar-refractivity contribution in [1.29, 1.82) is 0 Å². The van der Waals surface area contributed by atoms with E-state index in [-0.39, 0.29) is 23.6 Å². The van der Waals surface area contributed by atoms with Gasteiger partial charge >= 0.3 is 0 Å². The molecule has 0 aromatic heterocycles. The van der Waals surface area contributed by atoms with Crippen LogP contribution in [0.15, 0.2) is 29.3 Å². The Morgan fingerprint density at radius 2 is 2.35 bits per heavy atom. The quantitative estimate of drug-likeness (QED) is 0.639. The van der Waals surface area contributed by atoms with Crippen LogP contribution >= 0.6 is 27.5 Å². The Labute approximate surface area is 131 Å². The summed E-state index contributed by atoms with van der Waals surface area (Å²) in [5.74, 6) is 0.622. The van der Waals surface area contributed by atoms with Gasteiger partial charge in [-0.15, -0.1) is 0 Å². The van der Waals surface area contributed by atoms with Crippen LogP contribution in [-0.2, 0) is 4.79 Å². The largest absolute Gasteiger partial charge is 0.352 e. The van der Waals surface area contributed by atoms with Crippen LogP contribution in [0.4, 0.5) is 0 Å². The minimum absolute atomic E-state index is 0.0659. The van der Waals surface area contributed by atoms with Crippen molar-refractivity contribution in [2.45, 2.75) is 25.0 Å². The van der Waals surface area contributed by atoms with E-state index in [9.17, 15) is 4.79 Å². The van der Waals surface area contributed by atoms with Crippen LogP contribution in [0.5, 0.6) is 0 Å². The molecular formula is C13H16BrClN4O. The maximum atomic E-state index is 11.9. The third-order valence-electron chi connectivity index (χ3n) is 2.59. The normalized spacial score (nSPS) is 18.4. The fourth-order valence-electron chi connectivity index (χ4n) is 1.89. The molecule has 0 saturated heterocycles. The molecule has 1 amide bonds. The van der Waals surface area contributed by atoms with Gasteiger partial charge in [-0.2, -0.15) is 5.43 Å². The molecule has 0 fully saturated rings. The van der Waals surface area contributed by atoms with Gasteiger partial charge in [0.2, 0.25) is 5.91 Å². The highest BCUT2D eigenvalue weighted by Crippen LogP contribution is 2.18. The van der Waals surface area contributed by atoms with Crippen molar-refractivity contribution in [2.75, 3.05) is 6.54 Å². The Morgan fingerprint density at radius 3 is 3.00 bits per heavy atom. The highest BCUT2D eigenvalue weighted by Gasteiger charge is 2.25. The van der Waals surface area contributed by atoms with E-state index in [1.54, 1.807) is 11.1 Å². The predicted octanol–water partition coefficient (Wildman–Crippen LogP) is 2.11. The number of nitrogens with zero attached hydrogens (tertiary/aromatic N) is 2. The van der Waals surface area contributed by atoms with Gasteiger partial charge in [-0.05, 0) is 41.9 Å². The first kappa shape index (κ1) is 15.3. The number of hydrazine groups is 1. The summed E-state index contributed by atoms with van der Waals surface area (Å²) >= 11 is 9.37. The smallest absolute Gasteiger partial charge is 0.241 e. The van der Waals surface area contributed by atoms with Gasteiger partial charge in [0.15, 0.2) is 5.08 Å². The Hall–Kier alpha value is -1.11. The zero-order valence-corrected chi connectivity index (χ0v) is 13.6. The van der Waals surface area contributed by atoms with Crippen molar-refractivity contribution in [3.8, 4) is 0 Å². The number of hydrogen-bond acceptors (Lipinski definition) is 4. The van der Waals surface area contributed by atoms with Crippen LogP contribution in [0, 0.1) is 0 Å². The van der Waals surface area contributed by atoms with Crippen molar-refractivity contribution in [3.05, 3.63) is 34.9 Å². The molecule has 7 heteroatoms. The molecule has 1 atom stereocenters. The molecule has 1 aliphatic rings. The molecule has 1 unspecified atom stereocenters. The van der Waals surface area contributed by atoms with Gasteiger partial charge in [0, 0.05) is 16.6 Å². The van der Waals surface area contributed by atoms with E-state index >= 15 is 0 Å². The van der Waals surface area contributed by atoms with Crippen LogP contribution in [0.3, 0.4) is 0 Å². The number of aliphatic imine (C=N–C) groups is 1. The standard InChI is InChI=1S/C13H16BrClN4O/c1-8(2)16-11(20)7-19-12(17-13(14)18-19)9-4-3-5-10(15)6-9/h3-6,8,13,18H,7H2,1-2H3,(H,16,20). The number of hydrogen-bond donors (Lipinski definition) is 2. The Bertz CT molecular complexity index is 535. The first-order valence-corrected chi connectivity index (χ1v) is 7.56. The molecule has 0 bridgehead atoms. The van der Waals surface area contributed by atoms with Crippen LogP contribution in [0.1, 0.15) is 19.4 Å². The van der Waals surface area contributed by atoms with Crippen LogP contribution in [0.25, 0.3) is 0 Å². The van der Waals surface area contributed by atoms with E-state index in [4.69, 9.17) is 11.6 Å². The number of amides is 1. The average Bonchev–Trinajstić information content (AvgIpc) is 2.69. The number of carbonyl (C=O) groups excluding carboxylic acids is 1. The first-order chi connectivity index (χ1) is 9.45. The molecule has 5 nitrogen and oxygen atoms in total. The zero-order chi connectivity index (χ0) is 14.7. The number of carbonyl (C=O) groups is 1. The Balaban J connectivity index is 2.14. The molecule has 0 saturated carbocycles. The van der Waals surface area contributed by atoms with Crippen LogP contribution < -0.4 is 10.7 Å². The summed E-state index contributed by atoms with van der Waals surface area (Å²) in [6.07, 6.45) is 0. The summed E-state index contributed by atoms with van der Waals surface area (Å²) in [6.45, 7) is 4.04. The van der Waals surface area contributed by atoms with E-state index < -0.39 is 0 Å². The number of alkyl halides is 1. The van der Waals surface area contributed by atoms with Crippen molar-refractivity contribution in [3.63, 3.8) is 0 Å². The number of benzene rings is 1. The molecule has 1 aromatic rings. The number of nitrogens with one attached hydrogen (secondary N) is 2. The van der Waals surface area contributed by atoms with E-state index in [2.05, 4.69) is 31.7 Å². The molecule has 0 radical (unpaired) electrons. The molecule has 1 heterocycles. The summed E-state index contributed by atoms with van der Waals surface area (Å²) < 4.78 is 0. The monoisotopic (exact) mass is 358 g/mol. The number of amidine groups is 1. The first-order valence-electron chi connectivity index (χ1n) is 6.26. The second-order valence-corrected chi connectivity index (χ2v) is 6.04. The lowest BCUT2D eigenvalue weighted by molar-refractivity contribution is -0.122. The van der Waals surface area contributed by atoms with Gasteiger partial charge in [-0.25, -0.2) is 4.99 Å². The van der Waals surface area contributed by atoms with Crippen molar-refractivity contribution in [2.24, 2.45) is 4.99 Å². The fourth-order valence-corrected chi connectivity index (χ4v) is 2.52. The third kappa shape index (κ3) is 3.94. The molecule has 0 spiro atoms. The van der Waals surface area contributed by atoms with Gasteiger partial charge < -0.3 is 5.32 Å². The minimum atomic E-state index is -0.247. The van der Waals surface area contributed by atoms with Crippen molar-refractivity contribution in [1.82, 2.24) is 15.8 Å². The molecule has 1 aromatic carbocycles. The van der Waals surface area contributed by atoms with Crippen molar-refractivity contribution < 1.29 is 4.79 Å². The zero-order valence-electron chi connectivity index (χ0n) is 11.2. The van der Waals surface area contributed by atoms with E-state index in [0.29, 0.717) is 10.9 Å². The topological polar surface area (TPSA) is 56.7 Å². The summed E-state index contributed by atoms with van der Waals surface area (Å²) in [4.78, 5) is 16.3. The maximum absolute atomic E-state index is 11.9. The van der Waals surface area contributed by atoms with Crippen molar-refractivity contribution >= 4 is 39.3 Å². The molecule has 0 aliphatic carbocycles. The van der Waals surface area contributed by atoms with Crippen LogP contribution in [-0.4, -0.2) is 34.4 Å². The second kappa shape index (κ2) is 6.56. The third-order valence-corrected chi connectivity index (χ3v) is 3.23. The fraction of sp³-hybridized carbons (Fsp3) is 0.385. The lowest BCUT2D eigenvalue weighted by Crippen LogP contribution is -2.47. The highest BCUT2D eigenvalue weighted by molar-refractivity contribution is 9.09. The van der Waals surface area contributed by atoms with Gasteiger partial charge in [0.1, 0.15) is 12.4 Å². The lowest BCUT2D eigenvalue weighted by Gasteiger charge is -2.21. The van der Waals surface area contributed by atoms with Gasteiger partial charge in [-0.1, -0.05) is 23.7 Å². The van der Waals surface area contributed by atoms with E-state index in [1.165, 1.54) is 0 Å². The van der Waals surface area contributed by atoms with E-state index in [1.807, 2.05) is 32.0 Å². The SMILES string of the molecule is CC(C)NC(=O)CN1NC(Br)N=C1c1cccc(Cl)c1. The maximum Gasteiger partial charge on any atom is 0.241 e. The van der Waals surface area contributed by atoms with Crippen LogP contribution in [0.2, 0.25) is 5.02 Å². The van der Waals surface area contributed by atoms with Gasteiger partial charge in [0.05, 0.1) is 0 Å². The molecular weight excluding hydrogens is 344 g/mol. The molecule has 2 N–H and O–H groups in total. The lowest BCUT2D eigenvalue weighted by atomic mass is 10.2. The summed E-state index contributed by atoms with van der Waals surface area (Å²) in [5.41, 5.74) is 3.93. The molecule has 2 rings (SSSR count). The van der Waals surface area contributed by atoms with Gasteiger partial charge in [0.25, 0.3) is 0 Å². The second-order valence-electron chi connectivity index (χ2n) is 4.74. The predicted molar refractivity (Wildman–Crippen MR) is 83.8 cm³/mol. The summed E-state index contributed by atoms with van der Waals surface area (Å²) in [5, 5.41) is 4.95. The molecule has 20 heavy (non-hydrogen) atoms. The van der Waals surface area contributed by atoms with Gasteiger partial charge in [-0.3, -0.25) is 9.80 Å². The Kier molecular flexibility index (Phi) is 5.01. The highest BCUT2D eigenvalue weighted by atomic mass is 79.9. The summed E-state index contributed by atoms with van der Waals surface area (Å²) in [6, 6.07) is 7.49. The average molecular weight is 360 g/mol. The minimum Gasteiger partial charge on any atom is -0.352 e. The molecule has 108 valence electrons. The number of halogens is 2.